The third-order valence-electron chi connectivity index (χ3n) is 3.43. The van der Waals surface area contributed by atoms with Crippen molar-refractivity contribution < 1.29 is 0 Å². The van der Waals surface area contributed by atoms with E-state index in [0.29, 0.717) is 0 Å². The predicted molar refractivity (Wildman–Crippen MR) is 76.2 cm³/mol. The second-order valence-corrected chi connectivity index (χ2v) is 5.44. The van der Waals surface area contributed by atoms with Crippen LogP contribution in [0.2, 0.25) is 0 Å². The summed E-state index contributed by atoms with van der Waals surface area (Å²) in [4.78, 5) is 6.80. The van der Waals surface area contributed by atoms with Gasteiger partial charge in [0, 0.05) is 31.4 Å². The van der Waals surface area contributed by atoms with Gasteiger partial charge in [0.15, 0.2) is 0 Å². The van der Waals surface area contributed by atoms with Gasteiger partial charge in [-0.05, 0) is 39.5 Å². The van der Waals surface area contributed by atoms with Crippen LogP contribution >= 0.6 is 15.9 Å². The van der Waals surface area contributed by atoms with Crippen molar-refractivity contribution in [1.29, 1.82) is 0 Å². The lowest BCUT2D eigenvalue weighted by Gasteiger charge is -2.29. The molecule has 3 rings (SSSR count). The summed E-state index contributed by atoms with van der Waals surface area (Å²) in [5.74, 6) is 0. The Hall–Kier alpha value is -1.19. The Kier molecular flexibility index (Phi) is 3.43. The van der Waals surface area contributed by atoms with E-state index in [1.54, 1.807) is 0 Å². The number of hydrogen-bond acceptors (Lipinski definition) is 2. The molecule has 1 aromatic heterocycles. The Bertz CT molecular complexity index is 539. The molecular formula is C15H15BrN2. The van der Waals surface area contributed by atoms with Crippen LogP contribution in [0, 0.1) is 0 Å². The van der Waals surface area contributed by atoms with E-state index in [1.807, 2.05) is 6.20 Å². The molecule has 18 heavy (non-hydrogen) atoms. The quantitative estimate of drug-likeness (QED) is 0.791. The summed E-state index contributed by atoms with van der Waals surface area (Å²) in [6.45, 7) is 3.12. The number of fused-ring (bicyclic) bond motifs is 1. The molecule has 0 amide bonds. The molecule has 0 unspecified atom stereocenters. The molecule has 0 bridgehead atoms. The Morgan fingerprint density at radius 2 is 2.00 bits per heavy atom. The molecule has 1 aliphatic heterocycles. The highest BCUT2D eigenvalue weighted by Gasteiger charge is 2.18. The van der Waals surface area contributed by atoms with E-state index in [2.05, 4.69) is 62.2 Å². The maximum Gasteiger partial charge on any atom is 0.110 e. The first-order chi connectivity index (χ1) is 8.83. The highest BCUT2D eigenvalue weighted by atomic mass is 79.9. The molecule has 1 aromatic carbocycles. The fourth-order valence-corrected chi connectivity index (χ4v) is 2.96. The molecule has 0 saturated carbocycles. The van der Waals surface area contributed by atoms with Crippen molar-refractivity contribution in [2.24, 2.45) is 0 Å². The number of nitrogens with zero attached hydrogens (tertiary/aromatic N) is 2. The van der Waals surface area contributed by atoms with Gasteiger partial charge in [-0.3, -0.25) is 4.90 Å². The number of pyridine rings is 1. The summed E-state index contributed by atoms with van der Waals surface area (Å²) in [5, 5.41) is 0. The van der Waals surface area contributed by atoms with Crippen LogP contribution in [0.5, 0.6) is 0 Å². The number of rotatable bonds is 2. The second kappa shape index (κ2) is 5.21. The Morgan fingerprint density at radius 3 is 2.83 bits per heavy atom. The van der Waals surface area contributed by atoms with Gasteiger partial charge in [0.05, 0.1) is 0 Å². The first-order valence-corrected chi connectivity index (χ1v) is 7.01. The van der Waals surface area contributed by atoms with Crippen LogP contribution in [-0.4, -0.2) is 16.4 Å². The van der Waals surface area contributed by atoms with Crippen LogP contribution in [0.4, 0.5) is 0 Å². The third-order valence-corrected chi connectivity index (χ3v) is 4.11. The van der Waals surface area contributed by atoms with Crippen molar-refractivity contribution >= 4 is 15.9 Å². The monoisotopic (exact) mass is 302 g/mol. The van der Waals surface area contributed by atoms with Crippen LogP contribution in [0.3, 0.4) is 0 Å². The minimum atomic E-state index is 0.985. The molecule has 2 heterocycles. The van der Waals surface area contributed by atoms with Crippen LogP contribution in [0.25, 0.3) is 0 Å². The first kappa shape index (κ1) is 11.9. The summed E-state index contributed by atoms with van der Waals surface area (Å²) < 4.78 is 0.998. The summed E-state index contributed by atoms with van der Waals surface area (Å²) in [6, 6.07) is 12.8. The van der Waals surface area contributed by atoms with Crippen LogP contribution in [-0.2, 0) is 19.5 Å². The third kappa shape index (κ3) is 2.47. The number of aromatic nitrogens is 1. The lowest BCUT2D eigenvalue weighted by molar-refractivity contribution is 0.244. The van der Waals surface area contributed by atoms with Crippen molar-refractivity contribution in [2.45, 2.75) is 19.5 Å². The van der Waals surface area contributed by atoms with E-state index in [9.17, 15) is 0 Å². The normalized spacial score (nSPS) is 15.4. The maximum atomic E-state index is 4.32. The van der Waals surface area contributed by atoms with Crippen molar-refractivity contribution in [1.82, 2.24) is 9.88 Å². The van der Waals surface area contributed by atoms with Crippen molar-refractivity contribution in [3.05, 3.63) is 63.9 Å². The molecule has 0 atom stereocenters. The first-order valence-electron chi connectivity index (χ1n) is 6.21. The molecule has 2 aromatic rings. The highest BCUT2D eigenvalue weighted by molar-refractivity contribution is 9.10. The van der Waals surface area contributed by atoms with Gasteiger partial charge in [-0.15, -0.1) is 0 Å². The summed E-state index contributed by atoms with van der Waals surface area (Å²) in [6.07, 6.45) is 3.00. The molecule has 0 radical (unpaired) electrons. The van der Waals surface area contributed by atoms with E-state index in [-0.39, 0.29) is 0 Å². The van der Waals surface area contributed by atoms with E-state index in [0.717, 1.165) is 30.7 Å². The average molecular weight is 303 g/mol. The van der Waals surface area contributed by atoms with Gasteiger partial charge >= 0.3 is 0 Å². The van der Waals surface area contributed by atoms with Crippen molar-refractivity contribution in [3.8, 4) is 0 Å². The Balaban J connectivity index is 1.77. The van der Waals surface area contributed by atoms with Crippen LogP contribution in [0.15, 0.2) is 47.2 Å². The SMILES string of the molecule is Brc1nccc2c1CN(Cc1ccccc1)CC2. The largest absolute Gasteiger partial charge is 0.294 e. The molecular weight excluding hydrogens is 288 g/mol. The standard InChI is InChI=1S/C15H15BrN2/c16-15-14-11-18(9-7-13(14)6-8-17-15)10-12-4-2-1-3-5-12/h1-6,8H,7,9-11H2. The minimum absolute atomic E-state index is 0.985. The zero-order valence-electron chi connectivity index (χ0n) is 10.1. The molecule has 0 aliphatic carbocycles. The summed E-state index contributed by atoms with van der Waals surface area (Å²) >= 11 is 3.56. The zero-order chi connectivity index (χ0) is 12.4. The fraction of sp³-hybridized carbons (Fsp3) is 0.267. The molecule has 3 heteroatoms. The summed E-state index contributed by atoms with van der Waals surface area (Å²) in [5.41, 5.74) is 4.15. The minimum Gasteiger partial charge on any atom is -0.294 e. The Morgan fingerprint density at radius 1 is 1.17 bits per heavy atom. The second-order valence-electron chi connectivity index (χ2n) is 4.69. The lowest BCUT2D eigenvalue weighted by atomic mass is 10.0. The van der Waals surface area contributed by atoms with Gasteiger partial charge in [0.1, 0.15) is 4.60 Å². The number of benzene rings is 1. The van der Waals surface area contributed by atoms with Crippen molar-refractivity contribution in [3.63, 3.8) is 0 Å². The molecule has 0 saturated heterocycles. The maximum absolute atomic E-state index is 4.32. The van der Waals surface area contributed by atoms with E-state index < -0.39 is 0 Å². The molecule has 2 nitrogen and oxygen atoms in total. The molecule has 1 aliphatic rings. The molecule has 0 N–H and O–H groups in total. The van der Waals surface area contributed by atoms with E-state index >= 15 is 0 Å². The van der Waals surface area contributed by atoms with Gasteiger partial charge in [0.25, 0.3) is 0 Å². The van der Waals surface area contributed by atoms with Crippen LogP contribution < -0.4 is 0 Å². The fourth-order valence-electron chi connectivity index (χ4n) is 2.46. The van der Waals surface area contributed by atoms with Gasteiger partial charge in [-0.2, -0.15) is 0 Å². The number of halogens is 1. The van der Waals surface area contributed by atoms with Crippen molar-refractivity contribution in [2.75, 3.05) is 6.54 Å². The number of hydrogen-bond donors (Lipinski definition) is 0. The smallest absolute Gasteiger partial charge is 0.110 e. The summed E-state index contributed by atoms with van der Waals surface area (Å²) in [7, 11) is 0. The lowest BCUT2D eigenvalue weighted by Crippen LogP contribution is -2.30. The Labute approximate surface area is 116 Å². The molecule has 0 spiro atoms. The van der Waals surface area contributed by atoms with E-state index in [1.165, 1.54) is 16.7 Å². The van der Waals surface area contributed by atoms with Gasteiger partial charge in [0.2, 0.25) is 0 Å². The van der Waals surface area contributed by atoms with Gasteiger partial charge in [-0.25, -0.2) is 4.98 Å². The zero-order valence-corrected chi connectivity index (χ0v) is 11.7. The average Bonchev–Trinajstić information content (AvgIpc) is 2.41. The highest BCUT2D eigenvalue weighted by Crippen LogP contribution is 2.25. The topological polar surface area (TPSA) is 16.1 Å². The van der Waals surface area contributed by atoms with E-state index in [4.69, 9.17) is 0 Å². The predicted octanol–water partition coefficient (Wildman–Crippen LogP) is 3.40. The molecule has 0 fully saturated rings. The molecule has 92 valence electrons. The van der Waals surface area contributed by atoms with Gasteiger partial charge in [-0.1, -0.05) is 30.3 Å². The van der Waals surface area contributed by atoms with Crippen LogP contribution in [0.1, 0.15) is 16.7 Å². The van der Waals surface area contributed by atoms with Gasteiger partial charge < -0.3 is 0 Å².